The molecule has 1 rings (SSSR count). The van der Waals surface area contributed by atoms with Crippen LogP contribution in [0.5, 0.6) is 0 Å². The van der Waals surface area contributed by atoms with E-state index in [1.165, 1.54) is 11.0 Å². The van der Waals surface area contributed by atoms with Gasteiger partial charge in [0.2, 0.25) is 5.91 Å². The molecule has 0 bridgehead atoms. The fourth-order valence-electron chi connectivity index (χ4n) is 1.28. The van der Waals surface area contributed by atoms with Crippen LogP contribution in [0.25, 0.3) is 0 Å². The zero-order valence-electron chi connectivity index (χ0n) is 10.4. The molecule has 0 aliphatic carbocycles. The van der Waals surface area contributed by atoms with Gasteiger partial charge in [-0.1, -0.05) is 11.6 Å². The number of carbonyl (C=O) groups excluding carboxylic acids is 2. The third kappa shape index (κ3) is 3.92. The molecule has 0 aliphatic rings. The first-order valence-corrected chi connectivity index (χ1v) is 5.83. The summed E-state index contributed by atoms with van der Waals surface area (Å²) in [5.41, 5.74) is 6.40. The molecule has 1 aromatic rings. The van der Waals surface area contributed by atoms with E-state index >= 15 is 0 Å². The molecule has 0 aromatic heterocycles. The first kappa shape index (κ1) is 14.3. The first-order valence-electron chi connectivity index (χ1n) is 5.45. The zero-order chi connectivity index (χ0) is 13.7. The quantitative estimate of drug-likeness (QED) is 0.805. The Labute approximate surface area is 111 Å². The largest absolute Gasteiger partial charge is 0.398 e. The van der Waals surface area contributed by atoms with Crippen molar-refractivity contribution in [1.82, 2.24) is 10.2 Å². The first-order chi connectivity index (χ1) is 8.41. The molecule has 0 saturated carbocycles. The van der Waals surface area contributed by atoms with Crippen molar-refractivity contribution in [3.05, 3.63) is 28.8 Å². The number of hydrogen-bond donors (Lipinski definition) is 2. The molecule has 1 aromatic carbocycles. The molecule has 0 spiro atoms. The van der Waals surface area contributed by atoms with E-state index in [1.807, 2.05) is 0 Å². The van der Waals surface area contributed by atoms with E-state index < -0.39 is 0 Å². The van der Waals surface area contributed by atoms with Crippen LogP contribution in [0.4, 0.5) is 5.69 Å². The summed E-state index contributed by atoms with van der Waals surface area (Å²) in [4.78, 5) is 24.5. The van der Waals surface area contributed by atoms with Gasteiger partial charge in [-0.05, 0) is 18.2 Å². The summed E-state index contributed by atoms with van der Waals surface area (Å²) in [6, 6.07) is 4.66. The summed E-state index contributed by atoms with van der Waals surface area (Å²) < 4.78 is 0. The number of nitrogens with zero attached hydrogens (tertiary/aromatic N) is 1. The van der Waals surface area contributed by atoms with Crippen LogP contribution in [0.1, 0.15) is 16.8 Å². The highest BCUT2D eigenvalue weighted by Gasteiger charge is 2.09. The molecule has 6 heteroatoms. The monoisotopic (exact) mass is 269 g/mol. The van der Waals surface area contributed by atoms with Crippen LogP contribution in [0.3, 0.4) is 0 Å². The van der Waals surface area contributed by atoms with E-state index in [0.717, 1.165) is 0 Å². The highest BCUT2D eigenvalue weighted by atomic mass is 35.5. The fraction of sp³-hybridized carbons (Fsp3) is 0.333. The molecule has 0 atom stereocenters. The number of hydrogen-bond acceptors (Lipinski definition) is 3. The van der Waals surface area contributed by atoms with Gasteiger partial charge in [-0.2, -0.15) is 0 Å². The highest BCUT2D eigenvalue weighted by molar-refractivity contribution is 6.33. The molecular formula is C12H16ClN3O2. The zero-order valence-corrected chi connectivity index (χ0v) is 11.1. The molecule has 0 radical (unpaired) electrons. The Kier molecular flexibility index (Phi) is 4.97. The summed E-state index contributed by atoms with van der Waals surface area (Å²) in [6.07, 6.45) is 0.265. The van der Waals surface area contributed by atoms with Gasteiger partial charge >= 0.3 is 0 Å². The molecule has 98 valence electrons. The standard InChI is InChI=1S/C12H16ClN3O2/c1-16(2)11(17)5-6-15-12(18)8-3-4-10(14)9(13)7-8/h3-4,7H,5-6,14H2,1-2H3,(H,15,18). The predicted octanol–water partition coefficient (Wildman–Crippen LogP) is 1.13. The number of nitrogen functional groups attached to an aromatic ring is 1. The number of nitrogens with two attached hydrogens (primary N) is 1. The summed E-state index contributed by atoms with van der Waals surface area (Å²) in [6.45, 7) is 0.290. The van der Waals surface area contributed by atoms with Gasteiger partial charge in [-0.25, -0.2) is 0 Å². The Morgan fingerprint density at radius 3 is 2.61 bits per heavy atom. The molecule has 0 saturated heterocycles. The van der Waals surface area contributed by atoms with Crippen molar-refractivity contribution in [2.24, 2.45) is 0 Å². The van der Waals surface area contributed by atoms with Crippen molar-refractivity contribution in [3.63, 3.8) is 0 Å². The Balaban J connectivity index is 2.50. The van der Waals surface area contributed by atoms with Gasteiger partial charge in [0.25, 0.3) is 5.91 Å². The van der Waals surface area contributed by atoms with Crippen molar-refractivity contribution < 1.29 is 9.59 Å². The second kappa shape index (κ2) is 6.26. The van der Waals surface area contributed by atoms with Crippen LogP contribution >= 0.6 is 11.6 Å². The van der Waals surface area contributed by atoms with Crippen molar-refractivity contribution in [2.45, 2.75) is 6.42 Å². The summed E-state index contributed by atoms with van der Waals surface area (Å²) >= 11 is 5.82. The lowest BCUT2D eigenvalue weighted by molar-refractivity contribution is -0.128. The van der Waals surface area contributed by atoms with E-state index in [-0.39, 0.29) is 24.8 Å². The van der Waals surface area contributed by atoms with Crippen LogP contribution in [0.2, 0.25) is 5.02 Å². The van der Waals surface area contributed by atoms with Gasteiger partial charge in [0.1, 0.15) is 0 Å². The van der Waals surface area contributed by atoms with Crippen LogP contribution in [-0.2, 0) is 4.79 Å². The Hall–Kier alpha value is -1.75. The van der Waals surface area contributed by atoms with E-state index in [9.17, 15) is 9.59 Å². The predicted molar refractivity (Wildman–Crippen MR) is 71.5 cm³/mol. The molecule has 0 fully saturated rings. The Morgan fingerprint density at radius 2 is 2.06 bits per heavy atom. The van der Waals surface area contributed by atoms with Crippen LogP contribution in [0.15, 0.2) is 18.2 Å². The number of rotatable bonds is 4. The van der Waals surface area contributed by atoms with Crippen molar-refractivity contribution >= 4 is 29.1 Å². The van der Waals surface area contributed by atoms with Crippen LogP contribution in [0, 0.1) is 0 Å². The van der Waals surface area contributed by atoms with E-state index in [4.69, 9.17) is 17.3 Å². The normalized spacial score (nSPS) is 9.94. The fourth-order valence-corrected chi connectivity index (χ4v) is 1.46. The second-order valence-electron chi connectivity index (χ2n) is 4.03. The van der Waals surface area contributed by atoms with Gasteiger partial charge in [-0.15, -0.1) is 0 Å². The van der Waals surface area contributed by atoms with Gasteiger partial charge in [-0.3, -0.25) is 9.59 Å². The van der Waals surface area contributed by atoms with E-state index in [1.54, 1.807) is 26.2 Å². The lowest BCUT2D eigenvalue weighted by atomic mass is 10.2. The minimum Gasteiger partial charge on any atom is -0.398 e. The van der Waals surface area contributed by atoms with Gasteiger partial charge in [0, 0.05) is 32.6 Å². The van der Waals surface area contributed by atoms with Gasteiger partial charge in [0.05, 0.1) is 10.7 Å². The number of carbonyl (C=O) groups is 2. The molecule has 2 amide bonds. The third-order valence-corrected chi connectivity index (χ3v) is 2.71. The van der Waals surface area contributed by atoms with Gasteiger partial charge < -0.3 is 16.0 Å². The number of halogens is 1. The number of anilines is 1. The molecule has 5 nitrogen and oxygen atoms in total. The van der Waals surface area contributed by atoms with Crippen molar-refractivity contribution in [1.29, 1.82) is 0 Å². The minimum atomic E-state index is -0.275. The number of amides is 2. The maximum Gasteiger partial charge on any atom is 0.251 e. The van der Waals surface area contributed by atoms with Crippen LogP contribution < -0.4 is 11.1 Å². The lowest BCUT2D eigenvalue weighted by Crippen LogP contribution is -2.30. The summed E-state index contributed by atoms with van der Waals surface area (Å²) in [7, 11) is 3.34. The maximum atomic E-state index is 11.7. The third-order valence-electron chi connectivity index (χ3n) is 2.39. The molecular weight excluding hydrogens is 254 g/mol. The van der Waals surface area contributed by atoms with E-state index in [0.29, 0.717) is 16.3 Å². The average Bonchev–Trinajstić information content (AvgIpc) is 2.32. The maximum absolute atomic E-state index is 11.7. The van der Waals surface area contributed by atoms with Gasteiger partial charge in [0.15, 0.2) is 0 Å². The molecule has 0 aliphatic heterocycles. The molecule has 0 heterocycles. The highest BCUT2D eigenvalue weighted by Crippen LogP contribution is 2.19. The molecule has 18 heavy (non-hydrogen) atoms. The Bertz CT molecular complexity index is 461. The summed E-state index contributed by atoms with van der Waals surface area (Å²) in [5, 5.41) is 2.99. The van der Waals surface area contributed by atoms with Crippen molar-refractivity contribution in [2.75, 3.05) is 26.4 Å². The minimum absolute atomic E-state index is 0.0364. The number of benzene rings is 1. The SMILES string of the molecule is CN(C)C(=O)CCNC(=O)c1ccc(N)c(Cl)c1. The molecule has 0 unspecified atom stereocenters. The molecule has 3 N–H and O–H groups in total. The van der Waals surface area contributed by atoms with Crippen molar-refractivity contribution in [3.8, 4) is 0 Å². The number of nitrogens with one attached hydrogen (secondary N) is 1. The summed E-state index contributed by atoms with van der Waals surface area (Å²) in [5.74, 6) is -0.311. The average molecular weight is 270 g/mol. The second-order valence-corrected chi connectivity index (χ2v) is 4.44. The lowest BCUT2D eigenvalue weighted by Gasteiger charge is -2.10. The Morgan fingerprint density at radius 1 is 1.39 bits per heavy atom. The smallest absolute Gasteiger partial charge is 0.251 e. The van der Waals surface area contributed by atoms with Crippen LogP contribution in [-0.4, -0.2) is 37.4 Å². The topological polar surface area (TPSA) is 75.4 Å². The van der Waals surface area contributed by atoms with E-state index in [2.05, 4.69) is 5.32 Å².